The third-order valence-corrected chi connectivity index (χ3v) is 4.76. The molecule has 1 aromatic carbocycles. The van der Waals surface area contributed by atoms with Gasteiger partial charge in [-0.25, -0.2) is 0 Å². The molecule has 1 saturated heterocycles. The van der Waals surface area contributed by atoms with E-state index >= 15 is 0 Å². The summed E-state index contributed by atoms with van der Waals surface area (Å²) in [6.07, 6.45) is 1.29. The van der Waals surface area contributed by atoms with Crippen molar-refractivity contribution in [1.29, 1.82) is 0 Å². The van der Waals surface area contributed by atoms with Gasteiger partial charge in [-0.15, -0.1) is 11.8 Å². The monoisotopic (exact) mass is 306 g/mol. The van der Waals surface area contributed by atoms with Gasteiger partial charge in [0.15, 0.2) is 0 Å². The van der Waals surface area contributed by atoms with Crippen molar-refractivity contribution in [3.63, 3.8) is 0 Å². The van der Waals surface area contributed by atoms with Crippen LogP contribution in [0.4, 0.5) is 0 Å². The third-order valence-electron chi connectivity index (χ3n) is 3.75. The summed E-state index contributed by atoms with van der Waals surface area (Å²) >= 11 is 1.65. The Bertz CT molecular complexity index is 492. The lowest BCUT2D eigenvalue weighted by Crippen LogP contribution is -2.48. The average molecular weight is 306 g/mol. The van der Waals surface area contributed by atoms with E-state index in [1.807, 2.05) is 32.2 Å². The van der Waals surface area contributed by atoms with Gasteiger partial charge in [0, 0.05) is 25.8 Å². The minimum absolute atomic E-state index is 0.0535. The van der Waals surface area contributed by atoms with E-state index in [4.69, 9.17) is 0 Å². The Kier molecular flexibility index (Phi) is 5.67. The summed E-state index contributed by atoms with van der Waals surface area (Å²) in [5.41, 5.74) is 1.22. The summed E-state index contributed by atoms with van der Waals surface area (Å²) < 4.78 is 0. The number of carbonyl (C=O) groups is 2. The number of carbonyl (C=O) groups excluding carboxylic acids is 2. The predicted molar refractivity (Wildman–Crippen MR) is 86.0 cm³/mol. The van der Waals surface area contributed by atoms with E-state index in [9.17, 15) is 9.59 Å². The summed E-state index contributed by atoms with van der Waals surface area (Å²) in [6.45, 7) is 2.52. The van der Waals surface area contributed by atoms with Crippen molar-refractivity contribution in [2.75, 3.05) is 25.2 Å². The van der Waals surface area contributed by atoms with Crippen LogP contribution in [0.1, 0.15) is 18.9 Å². The largest absolute Gasteiger partial charge is 0.344 e. The van der Waals surface area contributed by atoms with Gasteiger partial charge in [0.25, 0.3) is 0 Å². The Labute approximate surface area is 130 Å². The molecule has 1 fully saturated rings. The predicted octanol–water partition coefficient (Wildman–Crippen LogP) is 2.00. The number of amides is 2. The second-order valence-electron chi connectivity index (χ2n) is 5.23. The van der Waals surface area contributed by atoms with Crippen molar-refractivity contribution in [2.24, 2.45) is 0 Å². The molecule has 1 atom stereocenters. The lowest BCUT2D eigenvalue weighted by Gasteiger charge is -2.27. The molecule has 0 aromatic heterocycles. The first-order chi connectivity index (χ1) is 10.1. The number of thioether (sulfide) groups is 1. The molecule has 2 rings (SSSR count). The van der Waals surface area contributed by atoms with Crippen molar-refractivity contribution >= 4 is 23.6 Å². The van der Waals surface area contributed by atoms with Gasteiger partial charge in [-0.2, -0.15) is 0 Å². The van der Waals surface area contributed by atoms with Gasteiger partial charge in [0.2, 0.25) is 11.8 Å². The standard InChI is InChI=1S/C16H22N2O2S/c1-3-15(19)18-12-21-11-14(18)16(20)17(2)10-9-13-7-5-4-6-8-13/h4-8,14H,3,9-12H2,1-2H3/t14-/m0/s1. The van der Waals surface area contributed by atoms with E-state index < -0.39 is 0 Å². The normalized spacial score (nSPS) is 17.8. The Hall–Kier alpha value is -1.49. The van der Waals surface area contributed by atoms with E-state index in [0.717, 1.165) is 6.42 Å². The number of hydrogen-bond acceptors (Lipinski definition) is 3. The van der Waals surface area contributed by atoms with Crippen LogP contribution in [0.5, 0.6) is 0 Å². The van der Waals surface area contributed by atoms with Crippen LogP contribution < -0.4 is 0 Å². The van der Waals surface area contributed by atoms with E-state index in [-0.39, 0.29) is 17.9 Å². The van der Waals surface area contributed by atoms with E-state index in [1.165, 1.54) is 5.56 Å². The first-order valence-corrected chi connectivity index (χ1v) is 8.45. The van der Waals surface area contributed by atoms with Crippen LogP contribution in [0.2, 0.25) is 0 Å². The van der Waals surface area contributed by atoms with E-state index in [1.54, 1.807) is 21.6 Å². The number of nitrogens with zero attached hydrogens (tertiary/aromatic N) is 2. The minimum Gasteiger partial charge on any atom is -0.344 e. The molecule has 0 unspecified atom stereocenters. The molecule has 21 heavy (non-hydrogen) atoms. The van der Waals surface area contributed by atoms with Crippen molar-refractivity contribution in [1.82, 2.24) is 9.80 Å². The number of hydrogen-bond donors (Lipinski definition) is 0. The Morgan fingerprint density at radius 1 is 1.33 bits per heavy atom. The van der Waals surface area contributed by atoms with Crippen LogP contribution in [-0.4, -0.2) is 52.9 Å². The van der Waals surface area contributed by atoms with Crippen LogP contribution in [-0.2, 0) is 16.0 Å². The zero-order valence-electron chi connectivity index (χ0n) is 12.6. The molecular weight excluding hydrogens is 284 g/mol. The number of rotatable bonds is 5. The second kappa shape index (κ2) is 7.50. The summed E-state index contributed by atoms with van der Waals surface area (Å²) in [4.78, 5) is 27.9. The van der Waals surface area contributed by atoms with Gasteiger partial charge in [-0.05, 0) is 12.0 Å². The van der Waals surface area contributed by atoms with Crippen LogP contribution >= 0.6 is 11.8 Å². The summed E-state index contributed by atoms with van der Waals surface area (Å²) in [7, 11) is 1.82. The summed E-state index contributed by atoms with van der Waals surface area (Å²) in [5, 5.41) is 0. The number of likely N-dealkylation sites (N-methyl/N-ethyl adjacent to an activating group) is 1. The summed E-state index contributed by atoms with van der Waals surface area (Å²) in [6, 6.07) is 9.84. The van der Waals surface area contributed by atoms with Crippen molar-refractivity contribution in [2.45, 2.75) is 25.8 Å². The molecule has 0 aliphatic carbocycles. The smallest absolute Gasteiger partial charge is 0.246 e. The Morgan fingerprint density at radius 2 is 2.05 bits per heavy atom. The quantitative estimate of drug-likeness (QED) is 0.835. The molecule has 1 heterocycles. The van der Waals surface area contributed by atoms with Crippen LogP contribution in [0.3, 0.4) is 0 Å². The lowest BCUT2D eigenvalue weighted by atomic mass is 10.1. The molecule has 0 spiro atoms. The van der Waals surface area contributed by atoms with E-state index in [0.29, 0.717) is 24.6 Å². The number of benzene rings is 1. The van der Waals surface area contributed by atoms with Crippen LogP contribution in [0.15, 0.2) is 30.3 Å². The lowest BCUT2D eigenvalue weighted by molar-refractivity contribution is -0.142. The van der Waals surface area contributed by atoms with Gasteiger partial charge >= 0.3 is 0 Å². The fraction of sp³-hybridized carbons (Fsp3) is 0.500. The molecule has 1 aromatic rings. The van der Waals surface area contributed by atoms with Gasteiger partial charge in [0.1, 0.15) is 6.04 Å². The molecule has 1 aliphatic rings. The minimum atomic E-state index is -0.289. The first kappa shape index (κ1) is 15.9. The third kappa shape index (κ3) is 4.00. The van der Waals surface area contributed by atoms with Crippen molar-refractivity contribution in [3.8, 4) is 0 Å². The Morgan fingerprint density at radius 3 is 2.71 bits per heavy atom. The van der Waals surface area contributed by atoms with E-state index in [2.05, 4.69) is 12.1 Å². The van der Waals surface area contributed by atoms with Gasteiger partial charge < -0.3 is 9.80 Å². The molecule has 0 saturated carbocycles. The molecule has 4 nitrogen and oxygen atoms in total. The first-order valence-electron chi connectivity index (χ1n) is 7.29. The highest BCUT2D eigenvalue weighted by Gasteiger charge is 2.35. The maximum Gasteiger partial charge on any atom is 0.246 e. The van der Waals surface area contributed by atoms with Crippen molar-refractivity contribution < 1.29 is 9.59 Å². The molecule has 0 radical (unpaired) electrons. The fourth-order valence-corrected chi connectivity index (χ4v) is 3.57. The molecule has 5 heteroatoms. The molecule has 0 N–H and O–H groups in total. The Balaban J connectivity index is 1.91. The maximum atomic E-state index is 12.5. The zero-order chi connectivity index (χ0) is 15.2. The average Bonchev–Trinajstić information content (AvgIpc) is 3.01. The molecule has 2 amide bonds. The van der Waals surface area contributed by atoms with Crippen LogP contribution in [0.25, 0.3) is 0 Å². The second-order valence-corrected chi connectivity index (χ2v) is 6.23. The zero-order valence-corrected chi connectivity index (χ0v) is 13.4. The summed E-state index contributed by atoms with van der Waals surface area (Å²) in [5.74, 6) is 1.46. The molecular formula is C16H22N2O2S. The SMILES string of the molecule is CCC(=O)N1CSC[C@H]1C(=O)N(C)CCc1ccccc1. The highest BCUT2D eigenvalue weighted by Crippen LogP contribution is 2.23. The fourth-order valence-electron chi connectivity index (χ4n) is 2.40. The van der Waals surface area contributed by atoms with Gasteiger partial charge in [0.05, 0.1) is 5.88 Å². The maximum absolute atomic E-state index is 12.5. The highest BCUT2D eigenvalue weighted by molar-refractivity contribution is 7.99. The highest BCUT2D eigenvalue weighted by atomic mass is 32.2. The molecule has 114 valence electrons. The molecule has 1 aliphatic heterocycles. The van der Waals surface area contributed by atoms with Gasteiger partial charge in [-0.1, -0.05) is 37.3 Å². The molecule has 0 bridgehead atoms. The van der Waals surface area contributed by atoms with Crippen molar-refractivity contribution in [3.05, 3.63) is 35.9 Å². The van der Waals surface area contributed by atoms with Gasteiger partial charge in [-0.3, -0.25) is 9.59 Å². The topological polar surface area (TPSA) is 40.6 Å². The van der Waals surface area contributed by atoms with Crippen LogP contribution in [0, 0.1) is 0 Å².